The van der Waals surface area contributed by atoms with Gasteiger partial charge in [-0.25, -0.2) is 4.39 Å². The molecule has 8 heteroatoms. The fourth-order valence-electron chi connectivity index (χ4n) is 4.56. The van der Waals surface area contributed by atoms with Crippen LogP contribution in [0.15, 0.2) is 24.3 Å². The summed E-state index contributed by atoms with van der Waals surface area (Å²) < 4.78 is 14.4. The summed E-state index contributed by atoms with van der Waals surface area (Å²) >= 11 is 6.61. The normalized spacial score (nSPS) is 32.6. The summed E-state index contributed by atoms with van der Waals surface area (Å²) in [5.41, 5.74) is 0.494. The summed E-state index contributed by atoms with van der Waals surface area (Å²) in [7, 11) is 1.65. The van der Waals surface area contributed by atoms with E-state index < -0.39 is 17.9 Å². The zero-order valence-corrected chi connectivity index (χ0v) is 16.0. The van der Waals surface area contributed by atoms with E-state index in [4.69, 9.17) is 11.6 Å². The van der Waals surface area contributed by atoms with Gasteiger partial charge in [0.15, 0.2) is 0 Å². The number of nitrogens with one attached hydrogen (secondary N) is 2. The molecule has 27 heavy (non-hydrogen) atoms. The van der Waals surface area contributed by atoms with E-state index >= 15 is 0 Å². The first kappa shape index (κ1) is 18.7. The SMILES string of the molecule is CN1C(=O)C(=O)N(C2CCNCC2)C2NC(c3ccccc3F)C(Cl)CC21. The molecule has 0 spiro atoms. The molecule has 3 aliphatic rings. The van der Waals surface area contributed by atoms with Crippen LogP contribution in [-0.4, -0.2) is 65.4 Å². The largest absolute Gasteiger partial charge is 0.331 e. The van der Waals surface area contributed by atoms with Gasteiger partial charge in [-0.3, -0.25) is 14.9 Å². The molecule has 3 aliphatic heterocycles. The van der Waals surface area contributed by atoms with Crippen LogP contribution in [0.5, 0.6) is 0 Å². The van der Waals surface area contributed by atoms with Crippen LogP contribution >= 0.6 is 11.6 Å². The van der Waals surface area contributed by atoms with Crippen molar-refractivity contribution in [2.45, 2.75) is 48.9 Å². The summed E-state index contributed by atoms with van der Waals surface area (Å²) in [6.45, 7) is 1.62. The van der Waals surface area contributed by atoms with Gasteiger partial charge in [0.1, 0.15) is 12.0 Å². The highest BCUT2D eigenvalue weighted by molar-refractivity contribution is 6.35. The summed E-state index contributed by atoms with van der Waals surface area (Å²) in [6, 6.07) is 5.90. The van der Waals surface area contributed by atoms with Gasteiger partial charge in [0.05, 0.1) is 17.5 Å². The van der Waals surface area contributed by atoms with Gasteiger partial charge in [-0.05, 0) is 38.4 Å². The van der Waals surface area contributed by atoms with Crippen LogP contribution in [0.25, 0.3) is 0 Å². The number of carbonyl (C=O) groups excluding carboxylic acids is 2. The molecule has 4 rings (SSSR count). The Bertz CT molecular complexity index is 742. The molecule has 2 amide bonds. The molecule has 1 aromatic carbocycles. The number of hydrogen-bond donors (Lipinski definition) is 2. The Kier molecular flexibility index (Phi) is 5.09. The van der Waals surface area contributed by atoms with Gasteiger partial charge in [-0.2, -0.15) is 0 Å². The van der Waals surface area contributed by atoms with Crippen molar-refractivity contribution >= 4 is 23.4 Å². The molecule has 3 saturated heterocycles. The van der Waals surface area contributed by atoms with Crippen molar-refractivity contribution in [1.29, 1.82) is 0 Å². The average Bonchev–Trinajstić information content (AvgIpc) is 2.68. The van der Waals surface area contributed by atoms with Crippen LogP contribution in [0, 0.1) is 5.82 Å². The summed E-state index contributed by atoms with van der Waals surface area (Å²) in [5, 5.41) is 6.31. The Balaban J connectivity index is 1.68. The number of piperidine rings is 2. The van der Waals surface area contributed by atoms with Gasteiger partial charge < -0.3 is 15.1 Å². The van der Waals surface area contributed by atoms with E-state index in [2.05, 4.69) is 10.6 Å². The third-order valence-electron chi connectivity index (χ3n) is 6.02. The molecule has 0 radical (unpaired) electrons. The first-order valence-corrected chi connectivity index (χ1v) is 9.87. The van der Waals surface area contributed by atoms with Gasteiger partial charge in [-0.1, -0.05) is 18.2 Å². The third-order valence-corrected chi connectivity index (χ3v) is 6.45. The number of piperazine rings is 1. The summed E-state index contributed by atoms with van der Waals surface area (Å²) in [6.07, 6.45) is 1.71. The van der Waals surface area contributed by atoms with Crippen LogP contribution in [0.1, 0.15) is 30.9 Å². The standard InChI is InChI=1S/C19H24ClFN4O2/c1-24-15-10-13(20)16(12-4-2-3-5-14(12)21)23-17(15)25(19(27)18(24)26)11-6-8-22-9-7-11/h2-5,11,13,15-17,22-23H,6-10H2,1H3. The third kappa shape index (κ3) is 3.22. The molecular formula is C19H24ClFN4O2. The Labute approximate surface area is 163 Å². The van der Waals surface area contributed by atoms with E-state index in [-0.39, 0.29) is 29.4 Å². The van der Waals surface area contributed by atoms with Crippen molar-refractivity contribution < 1.29 is 14.0 Å². The number of hydrogen-bond acceptors (Lipinski definition) is 4. The van der Waals surface area contributed by atoms with Crippen LogP contribution in [-0.2, 0) is 9.59 Å². The predicted molar refractivity (Wildman–Crippen MR) is 99.6 cm³/mol. The zero-order chi connectivity index (χ0) is 19.1. The molecule has 1 aromatic rings. The Morgan fingerprint density at radius 2 is 1.85 bits per heavy atom. The molecule has 4 unspecified atom stereocenters. The van der Waals surface area contributed by atoms with Gasteiger partial charge in [0.2, 0.25) is 0 Å². The van der Waals surface area contributed by atoms with E-state index in [1.807, 2.05) is 0 Å². The molecule has 0 bridgehead atoms. The van der Waals surface area contributed by atoms with E-state index in [0.717, 1.165) is 25.9 Å². The smallest absolute Gasteiger partial charge is 0.313 e. The first-order chi connectivity index (χ1) is 13.0. The second-order valence-electron chi connectivity index (χ2n) is 7.54. The summed E-state index contributed by atoms with van der Waals surface area (Å²) in [5.74, 6) is -1.30. The van der Waals surface area contributed by atoms with Crippen LogP contribution < -0.4 is 10.6 Å². The van der Waals surface area contributed by atoms with Crippen molar-refractivity contribution in [2.24, 2.45) is 0 Å². The molecule has 0 saturated carbocycles. The van der Waals surface area contributed by atoms with Crippen molar-refractivity contribution in [3.63, 3.8) is 0 Å². The van der Waals surface area contributed by atoms with Crippen molar-refractivity contribution in [3.8, 4) is 0 Å². The van der Waals surface area contributed by atoms with Crippen LogP contribution in [0.2, 0.25) is 0 Å². The lowest BCUT2D eigenvalue weighted by Crippen LogP contribution is -2.73. The maximum atomic E-state index is 14.4. The minimum Gasteiger partial charge on any atom is -0.331 e. The van der Waals surface area contributed by atoms with E-state index in [9.17, 15) is 14.0 Å². The van der Waals surface area contributed by atoms with Crippen molar-refractivity contribution in [3.05, 3.63) is 35.6 Å². The van der Waals surface area contributed by atoms with Crippen molar-refractivity contribution in [2.75, 3.05) is 20.1 Å². The fourth-order valence-corrected chi connectivity index (χ4v) is 4.95. The Morgan fingerprint density at radius 1 is 1.15 bits per heavy atom. The molecule has 2 N–H and O–H groups in total. The average molecular weight is 395 g/mol. The topological polar surface area (TPSA) is 64.7 Å². The monoisotopic (exact) mass is 394 g/mol. The minimum absolute atomic E-state index is 0.00968. The highest BCUT2D eigenvalue weighted by Gasteiger charge is 2.51. The van der Waals surface area contributed by atoms with Gasteiger partial charge in [0, 0.05) is 18.7 Å². The molecule has 0 aliphatic carbocycles. The fraction of sp³-hybridized carbons (Fsp3) is 0.579. The number of carbonyl (C=O) groups is 2. The molecule has 0 aromatic heterocycles. The molecular weight excluding hydrogens is 371 g/mol. The second kappa shape index (κ2) is 7.37. The molecule has 3 heterocycles. The molecule has 3 fully saturated rings. The highest BCUT2D eigenvalue weighted by atomic mass is 35.5. The van der Waals surface area contributed by atoms with Crippen LogP contribution in [0.3, 0.4) is 0 Å². The van der Waals surface area contributed by atoms with E-state index in [1.165, 1.54) is 11.0 Å². The van der Waals surface area contributed by atoms with Gasteiger partial charge >= 0.3 is 11.8 Å². The summed E-state index contributed by atoms with van der Waals surface area (Å²) in [4.78, 5) is 28.6. The first-order valence-electron chi connectivity index (χ1n) is 9.43. The number of likely N-dealkylation sites (N-methyl/N-ethyl adjacent to an activating group) is 1. The maximum Gasteiger partial charge on any atom is 0.313 e. The van der Waals surface area contributed by atoms with Crippen LogP contribution in [0.4, 0.5) is 4.39 Å². The Hall–Kier alpha value is -1.70. The molecule has 146 valence electrons. The van der Waals surface area contributed by atoms with Crippen molar-refractivity contribution in [1.82, 2.24) is 20.4 Å². The molecule has 6 nitrogen and oxygen atoms in total. The number of benzene rings is 1. The number of fused-ring (bicyclic) bond motifs is 1. The second-order valence-corrected chi connectivity index (χ2v) is 8.10. The molecule has 4 atom stereocenters. The minimum atomic E-state index is -0.496. The van der Waals surface area contributed by atoms with Gasteiger partial charge in [-0.15, -0.1) is 11.6 Å². The predicted octanol–water partition coefficient (Wildman–Crippen LogP) is 1.21. The highest BCUT2D eigenvalue weighted by Crippen LogP contribution is 2.37. The lowest BCUT2D eigenvalue weighted by Gasteiger charge is -2.53. The van der Waals surface area contributed by atoms with E-state index in [1.54, 1.807) is 30.1 Å². The van der Waals surface area contributed by atoms with Gasteiger partial charge in [0.25, 0.3) is 0 Å². The zero-order valence-electron chi connectivity index (χ0n) is 15.2. The maximum absolute atomic E-state index is 14.4. The quantitative estimate of drug-likeness (QED) is 0.584. The number of halogens is 2. The number of alkyl halides is 1. The number of rotatable bonds is 2. The Morgan fingerprint density at radius 3 is 2.56 bits per heavy atom. The number of amides is 2. The lowest BCUT2D eigenvalue weighted by atomic mass is 9.88. The van der Waals surface area contributed by atoms with E-state index in [0.29, 0.717) is 12.0 Å². The number of nitrogens with zero attached hydrogens (tertiary/aromatic N) is 2. The lowest BCUT2D eigenvalue weighted by molar-refractivity contribution is -0.168.